The molecule has 3 nitrogen and oxygen atoms in total. The molecule has 2 aromatic rings. The molecule has 1 aromatic heterocycles. The summed E-state index contributed by atoms with van der Waals surface area (Å²) in [6, 6.07) is 4.53. The van der Waals surface area contributed by atoms with Crippen LogP contribution in [0, 0.1) is 0 Å². The lowest BCUT2D eigenvalue weighted by Gasteiger charge is -1.87. The van der Waals surface area contributed by atoms with Crippen molar-refractivity contribution < 1.29 is 18.0 Å². The van der Waals surface area contributed by atoms with E-state index in [2.05, 4.69) is 4.98 Å². The first-order valence-corrected chi connectivity index (χ1v) is 3.85. The van der Waals surface area contributed by atoms with E-state index in [1.165, 1.54) is 12.1 Å². The molecule has 0 aliphatic heterocycles. The summed E-state index contributed by atoms with van der Waals surface area (Å²) < 4.78 is 29.1. The van der Waals surface area contributed by atoms with Crippen LogP contribution in [0.25, 0.3) is 11.1 Å². The Bertz CT molecular complexity index is 479. The largest absolute Gasteiger partial charge is 0.435 e. The second kappa shape index (κ2) is 3.17. The van der Waals surface area contributed by atoms with Gasteiger partial charge in [0, 0.05) is 5.56 Å². The molecule has 72 valence electrons. The van der Waals surface area contributed by atoms with E-state index in [9.17, 15) is 13.6 Å². The van der Waals surface area contributed by atoms with E-state index in [0.717, 1.165) is 0 Å². The van der Waals surface area contributed by atoms with E-state index in [4.69, 9.17) is 4.42 Å². The van der Waals surface area contributed by atoms with Crippen molar-refractivity contribution >= 4 is 17.4 Å². The van der Waals surface area contributed by atoms with Gasteiger partial charge in [0.1, 0.15) is 5.52 Å². The maximum Gasteiger partial charge on any atom is 0.313 e. The molecular weight excluding hydrogens is 192 g/mol. The molecule has 0 atom stereocenters. The van der Waals surface area contributed by atoms with Gasteiger partial charge in [-0.05, 0) is 12.1 Å². The normalized spacial score (nSPS) is 11.1. The zero-order valence-corrected chi connectivity index (χ0v) is 6.91. The average Bonchev–Trinajstić information content (AvgIpc) is 2.60. The summed E-state index contributed by atoms with van der Waals surface area (Å²) in [4.78, 5) is 14.1. The number of carbonyl (C=O) groups is 1. The van der Waals surface area contributed by atoms with E-state index < -0.39 is 12.3 Å². The molecule has 0 aliphatic carbocycles. The number of oxazole rings is 1. The first-order valence-electron chi connectivity index (χ1n) is 3.85. The van der Waals surface area contributed by atoms with Crippen molar-refractivity contribution in [3.63, 3.8) is 0 Å². The van der Waals surface area contributed by atoms with Gasteiger partial charge in [0.05, 0.1) is 0 Å². The molecule has 0 amide bonds. The number of nitrogens with zero attached hydrogens (tertiary/aromatic N) is 1. The van der Waals surface area contributed by atoms with Crippen LogP contribution in [-0.2, 0) is 0 Å². The fraction of sp³-hybridized carbons (Fsp3) is 0.111. The van der Waals surface area contributed by atoms with Crippen LogP contribution in [0.5, 0.6) is 0 Å². The third-order valence-electron chi connectivity index (χ3n) is 1.78. The second-order valence-electron chi connectivity index (χ2n) is 2.66. The van der Waals surface area contributed by atoms with Gasteiger partial charge in [-0.1, -0.05) is 6.07 Å². The van der Waals surface area contributed by atoms with Gasteiger partial charge in [-0.25, -0.2) is 4.98 Å². The van der Waals surface area contributed by atoms with Gasteiger partial charge in [-0.2, -0.15) is 8.78 Å². The molecule has 2 rings (SSSR count). The zero-order chi connectivity index (χ0) is 10.1. The summed E-state index contributed by atoms with van der Waals surface area (Å²) in [5.41, 5.74) is 0.626. The Labute approximate surface area is 77.3 Å². The highest BCUT2D eigenvalue weighted by Gasteiger charge is 2.16. The number of alkyl halides is 2. The van der Waals surface area contributed by atoms with Crippen LogP contribution in [-0.4, -0.2) is 11.3 Å². The Morgan fingerprint density at radius 1 is 1.43 bits per heavy atom. The third-order valence-corrected chi connectivity index (χ3v) is 1.78. The van der Waals surface area contributed by atoms with Crippen molar-refractivity contribution in [2.75, 3.05) is 0 Å². The number of para-hydroxylation sites is 1. The number of aldehydes is 1. The van der Waals surface area contributed by atoms with Crippen LogP contribution in [0.2, 0.25) is 0 Å². The predicted octanol–water partition coefficient (Wildman–Crippen LogP) is 2.58. The van der Waals surface area contributed by atoms with Gasteiger partial charge in [0.2, 0.25) is 0 Å². The number of rotatable bonds is 2. The fourth-order valence-corrected chi connectivity index (χ4v) is 1.18. The third kappa shape index (κ3) is 1.26. The van der Waals surface area contributed by atoms with E-state index in [1.54, 1.807) is 6.07 Å². The molecule has 0 aliphatic rings. The number of fused-ring (bicyclic) bond motifs is 1. The monoisotopic (exact) mass is 197 g/mol. The van der Waals surface area contributed by atoms with Gasteiger partial charge < -0.3 is 4.42 Å². The Hall–Kier alpha value is -1.78. The summed E-state index contributed by atoms with van der Waals surface area (Å²) in [6.45, 7) is 0. The van der Waals surface area contributed by atoms with E-state index in [-0.39, 0.29) is 16.7 Å². The molecular formula is C9H5F2NO2. The summed E-state index contributed by atoms with van der Waals surface area (Å²) in [6.07, 6.45) is -2.21. The maximum absolute atomic E-state index is 12.2. The number of halogens is 2. The van der Waals surface area contributed by atoms with Gasteiger partial charge in [0.15, 0.2) is 11.9 Å². The minimum atomic E-state index is -2.76. The standard InChI is InChI=1S/C9H5F2NO2/c10-8(11)9-12-7-5(4-13)2-1-3-6(7)14-9/h1-4,8H. The smallest absolute Gasteiger partial charge is 0.313 e. The Balaban J connectivity index is 2.70. The molecule has 14 heavy (non-hydrogen) atoms. The van der Waals surface area contributed by atoms with Crippen molar-refractivity contribution in [3.8, 4) is 0 Å². The van der Waals surface area contributed by atoms with Gasteiger partial charge in [-0.3, -0.25) is 4.79 Å². The lowest BCUT2D eigenvalue weighted by Crippen LogP contribution is -1.84. The highest BCUT2D eigenvalue weighted by atomic mass is 19.3. The van der Waals surface area contributed by atoms with Gasteiger partial charge in [-0.15, -0.1) is 0 Å². The second-order valence-corrected chi connectivity index (χ2v) is 2.66. The topological polar surface area (TPSA) is 43.1 Å². The van der Waals surface area contributed by atoms with Crippen molar-refractivity contribution in [3.05, 3.63) is 29.7 Å². The van der Waals surface area contributed by atoms with E-state index in [1.807, 2.05) is 0 Å². The minimum Gasteiger partial charge on any atom is -0.435 e. The molecule has 1 aromatic carbocycles. The molecule has 0 unspecified atom stereocenters. The zero-order valence-electron chi connectivity index (χ0n) is 6.91. The molecule has 0 fully saturated rings. The molecule has 1 heterocycles. The molecule has 0 N–H and O–H groups in total. The van der Waals surface area contributed by atoms with Crippen molar-refractivity contribution in [1.29, 1.82) is 0 Å². The first-order chi connectivity index (χ1) is 6.72. The molecule has 0 radical (unpaired) electrons. The van der Waals surface area contributed by atoms with Crippen LogP contribution in [0.15, 0.2) is 22.6 Å². The Morgan fingerprint density at radius 2 is 2.21 bits per heavy atom. The van der Waals surface area contributed by atoms with Crippen LogP contribution < -0.4 is 0 Å². The van der Waals surface area contributed by atoms with Crippen molar-refractivity contribution in [2.45, 2.75) is 6.43 Å². The summed E-state index contributed by atoms with van der Waals surface area (Å²) in [7, 11) is 0. The van der Waals surface area contributed by atoms with Crippen LogP contribution in [0.1, 0.15) is 22.7 Å². The minimum absolute atomic E-state index is 0.179. The molecule has 0 spiro atoms. The van der Waals surface area contributed by atoms with E-state index in [0.29, 0.717) is 6.29 Å². The number of hydrogen-bond donors (Lipinski definition) is 0. The van der Waals surface area contributed by atoms with Gasteiger partial charge >= 0.3 is 6.43 Å². The predicted molar refractivity (Wildman–Crippen MR) is 44.4 cm³/mol. The molecule has 0 bridgehead atoms. The van der Waals surface area contributed by atoms with Crippen LogP contribution in [0.3, 0.4) is 0 Å². The number of aromatic nitrogens is 1. The molecule has 0 saturated heterocycles. The van der Waals surface area contributed by atoms with Crippen LogP contribution in [0.4, 0.5) is 8.78 Å². The highest BCUT2D eigenvalue weighted by Crippen LogP contribution is 2.24. The number of benzene rings is 1. The maximum atomic E-state index is 12.2. The highest BCUT2D eigenvalue weighted by molar-refractivity contribution is 5.93. The summed E-state index contributed by atoms with van der Waals surface area (Å²) >= 11 is 0. The fourth-order valence-electron chi connectivity index (χ4n) is 1.18. The summed E-state index contributed by atoms with van der Waals surface area (Å²) in [5, 5.41) is 0. The SMILES string of the molecule is O=Cc1cccc2oc(C(F)F)nc12. The summed E-state index contributed by atoms with van der Waals surface area (Å²) in [5.74, 6) is -0.658. The molecule has 5 heteroatoms. The lowest BCUT2D eigenvalue weighted by atomic mass is 10.2. The average molecular weight is 197 g/mol. The van der Waals surface area contributed by atoms with E-state index >= 15 is 0 Å². The quantitative estimate of drug-likeness (QED) is 0.695. The Morgan fingerprint density at radius 3 is 2.86 bits per heavy atom. The number of carbonyl (C=O) groups excluding carboxylic acids is 1. The number of hydrogen-bond acceptors (Lipinski definition) is 3. The lowest BCUT2D eigenvalue weighted by molar-refractivity contribution is 0.112. The van der Waals surface area contributed by atoms with Gasteiger partial charge in [0.25, 0.3) is 5.89 Å². The van der Waals surface area contributed by atoms with Crippen molar-refractivity contribution in [1.82, 2.24) is 4.98 Å². The van der Waals surface area contributed by atoms with Crippen molar-refractivity contribution in [2.24, 2.45) is 0 Å². The first kappa shape index (κ1) is 8.80. The Kier molecular flexibility index (Phi) is 1.99. The van der Waals surface area contributed by atoms with Crippen LogP contribution >= 0.6 is 0 Å². The molecule has 0 saturated carbocycles.